The van der Waals surface area contributed by atoms with Gasteiger partial charge in [0.15, 0.2) is 31.4 Å². The molecule has 7 rings (SSSR count). The normalized spacial score (nSPS) is 42.6. The Balaban J connectivity index is 1.06. The third kappa shape index (κ3) is 18.4. The molecule has 0 saturated carbocycles. The Morgan fingerprint density at radius 3 is 1.58 bits per heavy atom. The van der Waals surface area contributed by atoms with Crippen molar-refractivity contribution in [2.45, 2.75) is 249 Å². The van der Waals surface area contributed by atoms with Crippen molar-refractivity contribution in [3.63, 3.8) is 0 Å². The zero-order valence-electron chi connectivity index (χ0n) is 52.1. The molecule has 0 aromatic heterocycles. The van der Waals surface area contributed by atoms with Crippen LogP contribution in [0.5, 0.6) is 0 Å². The first-order chi connectivity index (χ1) is 45.1. The average molecular weight is 1410 g/mol. The topological polar surface area (TPSA) is 634 Å². The standard InChI is InChI=1S/C54H86N6O35S/c1-15(64)29(55-16(2)65)43-30(56-17(3)66)20(69)9-54(95-43,53(83)84)86-14-25-34(73)38(77)40(79)50(90-25)85-13-24-33(72)39(78)41(80)51(91-24)93-45-32(58-19(5)68)49(88-22(11-62)36(45)75)94-46-37(76)23(12-63)89-52(42(46)81)92-44-31(57-18(4)67)48(87-21(10-61)35(44)74)60-27(70)6-7-96-26-8-28(71)59-47(26)82/h15,20-26,29-46,48-52,61-64,69,72-81H,6-14H2,1-5H3,(H,55,65)(H,56,66)(H,57,67)(H,58,68)(H,60,70)(H,83,84)(H,59,71,82)/t15-,20?,21?,22?,23?,24?,25?,26?,29-,30+,31?,32?,33-,34+,35-,36-,37-,38?,39?,40?,41?,42?,43?,44?,45?,46?,48+,49-,50+,51-,52-,54-/m0/s1. The van der Waals surface area contributed by atoms with Gasteiger partial charge in [0.25, 0.3) is 5.79 Å². The van der Waals surface area contributed by atoms with Gasteiger partial charge < -0.3 is 160 Å². The Morgan fingerprint density at radius 2 is 1.05 bits per heavy atom. The second-order valence-electron chi connectivity index (χ2n) is 24.0. The summed E-state index contributed by atoms with van der Waals surface area (Å²) < 4.78 is 64.2. The van der Waals surface area contributed by atoms with Crippen LogP contribution >= 0.6 is 11.8 Å². The third-order valence-electron chi connectivity index (χ3n) is 16.8. The first-order valence-corrected chi connectivity index (χ1v) is 31.4. The van der Waals surface area contributed by atoms with Crippen LogP contribution in [0, 0.1) is 0 Å². The van der Waals surface area contributed by atoms with Gasteiger partial charge in [-0.25, -0.2) is 4.79 Å². The number of carbonyl (C=O) groups is 8. The number of hydrogen-bond donors (Lipinski definition) is 22. The molecule has 7 aliphatic heterocycles. The summed E-state index contributed by atoms with van der Waals surface area (Å²) in [6, 6.07) is -6.44. The Hall–Kier alpha value is -4.73. The van der Waals surface area contributed by atoms with E-state index < -0.39 is 282 Å². The van der Waals surface area contributed by atoms with Crippen molar-refractivity contribution in [1.82, 2.24) is 31.9 Å². The maximum Gasteiger partial charge on any atom is 0.364 e. The first kappa shape index (κ1) is 78.6. The van der Waals surface area contributed by atoms with E-state index in [-0.39, 0.29) is 18.6 Å². The van der Waals surface area contributed by atoms with Crippen molar-refractivity contribution in [2.24, 2.45) is 0 Å². The zero-order valence-corrected chi connectivity index (χ0v) is 52.9. The second-order valence-corrected chi connectivity index (χ2v) is 25.3. The van der Waals surface area contributed by atoms with Gasteiger partial charge >= 0.3 is 5.97 Å². The quantitative estimate of drug-likeness (QED) is 0.0340. The highest BCUT2D eigenvalue weighted by atomic mass is 32.2. The second kappa shape index (κ2) is 34.1. The van der Waals surface area contributed by atoms with E-state index in [1.54, 1.807) is 0 Å². The molecular formula is C54H86N6O35S. The molecule has 7 aliphatic rings. The summed E-state index contributed by atoms with van der Waals surface area (Å²) in [6.45, 7) is 0.134. The lowest BCUT2D eigenvalue weighted by Crippen LogP contribution is -2.71. The molecule has 32 atom stereocenters. The lowest BCUT2D eigenvalue weighted by molar-refractivity contribution is -0.375. The molecule has 7 saturated heterocycles. The molecule has 7 heterocycles. The third-order valence-corrected chi connectivity index (χ3v) is 18.0. The summed E-state index contributed by atoms with van der Waals surface area (Å²) in [4.78, 5) is 100.0. The van der Waals surface area contributed by atoms with E-state index in [0.29, 0.717) is 0 Å². The lowest BCUT2D eigenvalue weighted by atomic mass is 9.87. The molecular weight excluding hydrogens is 1320 g/mol. The summed E-state index contributed by atoms with van der Waals surface area (Å²) in [5.74, 6) is -9.78. The van der Waals surface area contributed by atoms with Crippen LogP contribution in [0.4, 0.5) is 0 Å². The van der Waals surface area contributed by atoms with E-state index >= 15 is 0 Å². The van der Waals surface area contributed by atoms with E-state index in [9.17, 15) is 120 Å². The molecule has 0 aromatic carbocycles. The van der Waals surface area contributed by atoms with Crippen molar-refractivity contribution in [3.8, 4) is 0 Å². The minimum atomic E-state index is -2.91. The molecule has 0 bridgehead atoms. The van der Waals surface area contributed by atoms with Gasteiger partial charge in [0.2, 0.25) is 41.4 Å². The number of thioether (sulfide) groups is 1. The van der Waals surface area contributed by atoms with Crippen LogP contribution in [0.3, 0.4) is 0 Å². The van der Waals surface area contributed by atoms with Crippen LogP contribution in [0.15, 0.2) is 0 Å². The molecule has 18 unspecified atom stereocenters. The lowest BCUT2D eigenvalue weighted by Gasteiger charge is -2.50. The Bertz CT molecular complexity index is 2660. The molecule has 0 spiro atoms. The number of hydrogen-bond acceptors (Lipinski definition) is 35. The number of carbonyl (C=O) groups excluding carboxylic acids is 7. The highest BCUT2D eigenvalue weighted by Gasteiger charge is 2.60. The number of ether oxygens (including phenoxy) is 11. The molecule has 22 N–H and O–H groups in total. The van der Waals surface area contributed by atoms with Crippen LogP contribution in [0.2, 0.25) is 0 Å². The van der Waals surface area contributed by atoms with Crippen LogP contribution in [0.25, 0.3) is 0 Å². The van der Waals surface area contributed by atoms with Crippen molar-refractivity contribution in [1.29, 1.82) is 0 Å². The molecule has 41 nitrogen and oxygen atoms in total. The fraction of sp³-hybridized carbons (Fsp3) is 0.852. The summed E-state index contributed by atoms with van der Waals surface area (Å²) in [6.07, 6.45) is -52.9. The number of aliphatic carboxylic acids is 1. The molecule has 7 amide bonds. The minimum Gasteiger partial charge on any atom is -0.477 e. The number of carboxylic acid groups (broad SMARTS) is 1. The van der Waals surface area contributed by atoms with Crippen LogP contribution in [0.1, 0.15) is 53.9 Å². The first-order valence-electron chi connectivity index (χ1n) is 30.4. The molecule has 548 valence electrons. The summed E-state index contributed by atoms with van der Waals surface area (Å²) >= 11 is 1.01. The van der Waals surface area contributed by atoms with Gasteiger partial charge in [0, 0.05) is 52.7 Å². The van der Waals surface area contributed by atoms with Gasteiger partial charge in [-0.1, -0.05) is 0 Å². The predicted molar refractivity (Wildman–Crippen MR) is 306 cm³/mol. The van der Waals surface area contributed by atoms with Crippen molar-refractivity contribution in [3.05, 3.63) is 0 Å². The van der Waals surface area contributed by atoms with E-state index in [1.807, 2.05) is 0 Å². The zero-order chi connectivity index (χ0) is 71.1. The maximum absolute atomic E-state index is 13.3. The van der Waals surface area contributed by atoms with Gasteiger partial charge in [-0.2, -0.15) is 0 Å². The van der Waals surface area contributed by atoms with Crippen LogP contribution in [-0.4, -0.2) is 363 Å². The number of rotatable bonds is 27. The molecule has 0 aromatic rings. The average Bonchev–Trinajstić information content (AvgIpc) is 0.880. The minimum absolute atomic E-state index is 0.0127. The fourth-order valence-corrected chi connectivity index (χ4v) is 13.0. The molecule has 96 heavy (non-hydrogen) atoms. The van der Waals surface area contributed by atoms with Gasteiger partial charge in [-0.3, -0.25) is 38.9 Å². The molecule has 0 radical (unpaired) electrons. The van der Waals surface area contributed by atoms with Crippen LogP contribution < -0.4 is 31.9 Å². The number of imide groups is 1. The van der Waals surface area contributed by atoms with Gasteiger partial charge in [0.1, 0.15) is 128 Å². The number of aliphatic hydroxyl groups excluding tert-OH is 15. The van der Waals surface area contributed by atoms with E-state index in [4.69, 9.17) is 52.1 Å². The largest absolute Gasteiger partial charge is 0.477 e. The highest BCUT2D eigenvalue weighted by Crippen LogP contribution is 2.38. The Labute approximate surface area is 549 Å². The van der Waals surface area contributed by atoms with Gasteiger partial charge in [0.05, 0.1) is 62.6 Å². The number of aliphatic hydroxyl groups is 15. The summed E-state index contributed by atoms with van der Waals surface area (Å²) in [5, 5.41) is 191. The van der Waals surface area contributed by atoms with Crippen molar-refractivity contribution in [2.75, 3.05) is 38.8 Å². The monoisotopic (exact) mass is 1410 g/mol. The van der Waals surface area contributed by atoms with Crippen LogP contribution in [-0.2, 0) is 90.5 Å². The number of carboxylic acids is 1. The van der Waals surface area contributed by atoms with Crippen molar-refractivity contribution < 1.29 is 172 Å². The van der Waals surface area contributed by atoms with E-state index in [1.165, 1.54) is 6.92 Å². The molecule has 7 fully saturated rings. The summed E-state index contributed by atoms with van der Waals surface area (Å²) in [7, 11) is 0. The van der Waals surface area contributed by atoms with E-state index in [2.05, 4.69) is 31.9 Å². The van der Waals surface area contributed by atoms with Crippen molar-refractivity contribution >= 4 is 59.1 Å². The predicted octanol–water partition coefficient (Wildman–Crippen LogP) is -13.6. The SMILES string of the molecule is CC(=O)NC1C(O[C@@H]2OC(CO[C@@H]3OC(CO[C@@]4(C(=O)O)CC(O)[C@@H](NC(C)=O)C([C@@H](NC(C)=O)[C@H](C)O)O4)[C@@H](O)C(O)C3O)[C@H](O)C(O)C2O)[C@@H](O)C(CO)O[C@H]1OC1C(O)[C@H](OC2C(NC(C)=O)[C@H](NC(=O)CCSC3CC(=O)NC3=O)OC(CO)[C@@H]2O)OC(CO)[C@@H]1O. The highest BCUT2D eigenvalue weighted by molar-refractivity contribution is 8.00. The number of nitrogens with one attached hydrogen (secondary N) is 6. The van der Waals surface area contributed by atoms with Gasteiger partial charge in [-0.15, -0.1) is 11.8 Å². The Morgan fingerprint density at radius 1 is 0.573 bits per heavy atom. The number of amides is 7. The molecule has 42 heteroatoms. The fourth-order valence-electron chi connectivity index (χ4n) is 11.9. The Kier molecular flexibility index (Phi) is 27.9. The maximum atomic E-state index is 13.3. The smallest absolute Gasteiger partial charge is 0.364 e. The summed E-state index contributed by atoms with van der Waals surface area (Å²) in [5.41, 5.74) is 0. The molecule has 0 aliphatic carbocycles. The van der Waals surface area contributed by atoms with E-state index in [0.717, 1.165) is 39.5 Å². The van der Waals surface area contributed by atoms with Gasteiger partial charge in [-0.05, 0) is 6.92 Å².